The Morgan fingerprint density at radius 3 is 1.90 bits per heavy atom. The van der Waals surface area contributed by atoms with Gasteiger partial charge in [-0.05, 0) is 24.3 Å². The molecular weight excluding hydrogens is 316 g/mol. The van der Waals surface area contributed by atoms with Gasteiger partial charge in [0, 0.05) is 27.2 Å². The van der Waals surface area contributed by atoms with E-state index in [1.165, 1.54) is 42.7 Å². The minimum Gasteiger partial charge on any atom is -0.379 e. The summed E-state index contributed by atoms with van der Waals surface area (Å²) in [6.07, 6.45) is 0. The minimum atomic E-state index is -3.60. The Morgan fingerprint density at radius 1 is 0.952 bits per heavy atom. The maximum Gasteiger partial charge on any atom is 0.243 e. The lowest BCUT2D eigenvalue weighted by Crippen LogP contribution is -2.40. The molecule has 9 heteroatoms. The molecule has 1 aliphatic heterocycles. The van der Waals surface area contributed by atoms with Crippen LogP contribution in [-0.4, -0.2) is 65.8 Å². The predicted octanol–water partition coefficient (Wildman–Crippen LogP) is -0.0422. The molecule has 21 heavy (non-hydrogen) atoms. The summed E-state index contributed by atoms with van der Waals surface area (Å²) in [6, 6.07) is 5.26. The maximum atomic E-state index is 12.4. The van der Waals surface area contributed by atoms with E-state index in [1.807, 2.05) is 0 Å². The van der Waals surface area contributed by atoms with E-state index in [-0.39, 0.29) is 9.79 Å². The molecule has 1 aromatic carbocycles. The van der Waals surface area contributed by atoms with Gasteiger partial charge in [-0.2, -0.15) is 4.31 Å². The van der Waals surface area contributed by atoms with Gasteiger partial charge in [0.05, 0.1) is 23.0 Å². The fourth-order valence-corrected chi connectivity index (χ4v) is 4.24. The van der Waals surface area contributed by atoms with Crippen LogP contribution in [0.2, 0.25) is 0 Å². The Labute approximate surface area is 125 Å². The Morgan fingerprint density at radius 2 is 1.43 bits per heavy atom. The normalized spacial score (nSPS) is 18.0. The van der Waals surface area contributed by atoms with Gasteiger partial charge < -0.3 is 4.74 Å². The van der Waals surface area contributed by atoms with E-state index in [4.69, 9.17) is 4.74 Å². The molecule has 0 saturated carbocycles. The molecule has 0 unspecified atom stereocenters. The molecule has 1 heterocycles. The fraction of sp³-hybridized carbons (Fsp3) is 0.500. The molecule has 1 fully saturated rings. The molecule has 0 aromatic heterocycles. The lowest BCUT2D eigenvalue weighted by Gasteiger charge is -2.26. The van der Waals surface area contributed by atoms with Crippen LogP contribution >= 0.6 is 0 Å². The number of rotatable bonds is 4. The highest BCUT2D eigenvalue weighted by molar-refractivity contribution is 7.89. The summed E-state index contributed by atoms with van der Waals surface area (Å²) in [7, 11) is -4.31. The van der Waals surface area contributed by atoms with Crippen molar-refractivity contribution in [3.8, 4) is 0 Å². The van der Waals surface area contributed by atoms with Crippen molar-refractivity contribution >= 4 is 20.0 Å². The largest absolute Gasteiger partial charge is 0.379 e. The van der Waals surface area contributed by atoms with Crippen molar-refractivity contribution in [1.29, 1.82) is 0 Å². The van der Waals surface area contributed by atoms with Gasteiger partial charge in [0.1, 0.15) is 0 Å². The molecule has 0 N–H and O–H groups in total. The van der Waals surface area contributed by atoms with Gasteiger partial charge in [0.25, 0.3) is 0 Å². The van der Waals surface area contributed by atoms with Crippen LogP contribution in [0.25, 0.3) is 0 Å². The fourth-order valence-electron chi connectivity index (χ4n) is 1.93. The SMILES string of the molecule is CN(C)S(=O)(=O)c1ccc(S(=O)(=O)N2CCOCC2)cc1. The van der Waals surface area contributed by atoms with Crippen LogP contribution in [0.4, 0.5) is 0 Å². The first-order valence-electron chi connectivity index (χ1n) is 6.37. The van der Waals surface area contributed by atoms with E-state index in [2.05, 4.69) is 0 Å². The van der Waals surface area contributed by atoms with Crippen molar-refractivity contribution in [3.05, 3.63) is 24.3 Å². The van der Waals surface area contributed by atoms with E-state index in [0.29, 0.717) is 26.3 Å². The summed E-state index contributed by atoms with van der Waals surface area (Å²) < 4.78 is 56.2. The lowest BCUT2D eigenvalue weighted by molar-refractivity contribution is 0.0730. The zero-order valence-electron chi connectivity index (χ0n) is 11.9. The predicted molar refractivity (Wildman–Crippen MR) is 76.9 cm³/mol. The van der Waals surface area contributed by atoms with Crippen LogP contribution < -0.4 is 0 Å². The van der Waals surface area contributed by atoms with Gasteiger partial charge in [0.15, 0.2) is 0 Å². The average molecular weight is 334 g/mol. The van der Waals surface area contributed by atoms with E-state index in [0.717, 1.165) is 4.31 Å². The Hall–Kier alpha value is -1.00. The molecule has 0 atom stereocenters. The molecule has 1 aliphatic rings. The number of benzene rings is 1. The van der Waals surface area contributed by atoms with Crippen molar-refractivity contribution in [1.82, 2.24) is 8.61 Å². The third-order valence-electron chi connectivity index (χ3n) is 3.21. The van der Waals surface area contributed by atoms with Gasteiger partial charge in [-0.3, -0.25) is 0 Å². The number of hydrogen-bond acceptors (Lipinski definition) is 5. The first kappa shape index (κ1) is 16.4. The van der Waals surface area contributed by atoms with Crippen LogP contribution in [-0.2, 0) is 24.8 Å². The van der Waals surface area contributed by atoms with Crippen molar-refractivity contribution in [2.24, 2.45) is 0 Å². The van der Waals surface area contributed by atoms with E-state index in [9.17, 15) is 16.8 Å². The summed E-state index contributed by atoms with van der Waals surface area (Å²) in [5.74, 6) is 0. The van der Waals surface area contributed by atoms with Crippen molar-refractivity contribution in [2.75, 3.05) is 40.4 Å². The van der Waals surface area contributed by atoms with Crippen molar-refractivity contribution in [2.45, 2.75) is 9.79 Å². The molecule has 7 nitrogen and oxygen atoms in total. The van der Waals surface area contributed by atoms with Gasteiger partial charge in [0.2, 0.25) is 20.0 Å². The quantitative estimate of drug-likeness (QED) is 0.771. The van der Waals surface area contributed by atoms with E-state index < -0.39 is 20.0 Å². The van der Waals surface area contributed by atoms with Crippen LogP contribution in [0.5, 0.6) is 0 Å². The highest BCUT2D eigenvalue weighted by atomic mass is 32.2. The first-order valence-corrected chi connectivity index (χ1v) is 9.25. The summed E-state index contributed by atoms with van der Waals surface area (Å²) in [5.41, 5.74) is 0. The van der Waals surface area contributed by atoms with Crippen LogP contribution in [0, 0.1) is 0 Å². The zero-order valence-corrected chi connectivity index (χ0v) is 13.5. The monoisotopic (exact) mass is 334 g/mol. The van der Waals surface area contributed by atoms with Crippen molar-refractivity contribution in [3.63, 3.8) is 0 Å². The Balaban J connectivity index is 2.30. The topological polar surface area (TPSA) is 84.0 Å². The first-order chi connectivity index (χ1) is 9.76. The molecule has 118 valence electrons. The van der Waals surface area contributed by atoms with E-state index >= 15 is 0 Å². The number of nitrogens with zero attached hydrogens (tertiary/aromatic N) is 2. The summed E-state index contributed by atoms with van der Waals surface area (Å²) in [5, 5.41) is 0. The minimum absolute atomic E-state index is 0.0634. The second-order valence-electron chi connectivity index (χ2n) is 4.78. The molecule has 0 aliphatic carbocycles. The maximum absolute atomic E-state index is 12.4. The van der Waals surface area contributed by atoms with Gasteiger partial charge in [-0.1, -0.05) is 0 Å². The standard InChI is InChI=1S/C12H18N2O5S2/c1-13(2)20(15,16)11-3-5-12(6-4-11)21(17,18)14-7-9-19-10-8-14/h3-6H,7-10H2,1-2H3. The second-order valence-corrected chi connectivity index (χ2v) is 8.87. The summed E-state index contributed by atoms with van der Waals surface area (Å²) in [4.78, 5) is 0.149. The number of morpholine rings is 1. The van der Waals surface area contributed by atoms with Crippen molar-refractivity contribution < 1.29 is 21.6 Å². The second kappa shape index (κ2) is 6.01. The number of sulfonamides is 2. The molecule has 1 saturated heterocycles. The van der Waals surface area contributed by atoms with Crippen LogP contribution in [0.3, 0.4) is 0 Å². The summed E-state index contributed by atoms with van der Waals surface area (Å²) >= 11 is 0. The third kappa shape index (κ3) is 3.27. The summed E-state index contributed by atoms with van der Waals surface area (Å²) in [6.45, 7) is 1.35. The highest BCUT2D eigenvalue weighted by Crippen LogP contribution is 2.20. The number of ether oxygens (including phenoxy) is 1. The molecule has 2 rings (SSSR count). The van der Waals surface area contributed by atoms with Gasteiger partial charge >= 0.3 is 0 Å². The van der Waals surface area contributed by atoms with E-state index in [1.54, 1.807) is 0 Å². The molecular formula is C12H18N2O5S2. The van der Waals surface area contributed by atoms with Crippen LogP contribution in [0.15, 0.2) is 34.1 Å². The molecule has 0 amide bonds. The smallest absolute Gasteiger partial charge is 0.243 e. The highest BCUT2D eigenvalue weighted by Gasteiger charge is 2.27. The number of hydrogen-bond donors (Lipinski definition) is 0. The molecule has 0 radical (unpaired) electrons. The van der Waals surface area contributed by atoms with Gasteiger partial charge in [-0.15, -0.1) is 0 Å². The van der Waals surface area contributed by atoms with Gasteiger partial charge in [-0.25, -0.2) is 21.1 Å². The average Bonchev–Trinajstić information content (AvgIpc) is 2.48. The van der Waals surface area contributed by atoms with Crippen LogP contribution in [0.1, 0.15) is 0 Å². The molecule has 0 spiro atoms. The Bertz CT molecular complexity index is 690. The lowest BCUT2D eigenvalue weighted by atomic mass is 10.4. The third-order valence-corrected chi connectivity index (χ3v) is 6.95. The zero-order chi connectivity index (χ0) is 15.7. The Kier molecular flexibility index (Phi) is 4.69. The molecule has 1 aromatic rings. The molecule has 0 bridgehead atoms.